The molecule has 0 aliphatic carbocycles. The van der Waals surface area contributed by atoms with Gasteiger partial charge in [0.2, 0.25) is 0 Å². The Labute approximate surface area is 159 Å². The van der Waals surface area contributed by atoms with Crippen molar-refractivity contribution < 1.29 is 14.4 Å². The highest BCUT2D eigenvalue weighted by Crippen LogP contribution is 2.11. The molecule has 7 nitrogen and oxygen atoms in total. The van der Waals surface area contributed by atoms with Gasteiger partial charge in [0, 0.05) is 17.1 Å². The molecule has 0 spiro atoms. The first-order valence-electron chi connectivity index (χ1n) is 7.62. The van der Waals surface area contributed by atoms with Crippen LogP contribution in [0.5, 0.6) is 0 Å². The molecule has 0 unspecified atom stereocenters. The Morgan fingerprint density at radius 2 is 1.15 bits per heavy atom. The van der Waals surface area contributed by atoms with Crippen molar-refractivity contribution in [2.45, 2.75) is 6.92 Å². The van der Waals surface area contributed by atoms with E-state index in [0.29, 0.717) is 11.4 Å². The van der Waals surface area contributed by atoms with E-state index >= 15 is 0 Å². The first-order valence-corrected chi connectivity index (χ1v) is 8.42. The van der Waals surface area contributed by atoms with Gasteiger partial charge in [-0.1, -0.05) is 36.4 Å². The van der Waals surface area contributed by atoms with Gasteiger partial charge in [-0.05, 0) is 47.1 Å². The number of halogens is 1. The minimum Gasteiger partial charge on any atom is -0.310 e. The summed E-state index contributed by atoms with van der Waals surface area (Å²) in [4.78, 5) is 35.8. The number of hydrogen-bond acceptors (Lipinski definition) is 3. The van der Waals surface area contributed by atoms with Gasteiger partial charge in [-0.15, -0.1) is 0 Å². The SMILES string of the molecule is CC(NC(=O)Nc1ccccc1)=C(Br)C(=O)NC(=O)Nc1ccccc1. The van der Waals surface area contributed by atoms with Crippen LogP contribution in [0.2, 0.25) is 0 Å². The molecule has 5 amide bonds. The van der Waals surface area contributed by atoms with E-state index in [1.807, 2.05) is 12.1 Å². The summed E-state index contributed by atoms with van der Waals surface area (Å²) in [6, 6.07) is 16.4. The molecule has 0 saturated heterocycles. The molecular weight excluding hydrogens is 400 g/mol. The zero-order valence-electron chi connectivity index (χ0n) is 13.9. The zero-order chi connectivity index (χ0) is 18.9. The minimum absolute atomic E-state index is 0.0314. The number of benzene rings is 2. The normalized spacial score (nSPS) is 11.0. The summed E-state index contributed by atoms with van der Waals surface area (Å²) in [7, 11) is 0. The lowest BCUT2D eigenvalue weighted by Crippen LogP contribution is -2.36. The number of urea groups is 2. The molecule has 0 aliphatic heterocycles. The third kappa shape index (κ3) is 6.06. The van der Waals surface area contributed by atoms with Gasteiger partial charge in [-0.2, -0.15) is 0 Å². The average molecular weight is 417 g/mol. The largest absolute Gasteiger partial charge is 0.326 e. The van der Waals surface area contributed by atoms with Crippen LogP contribution in [-0.4, -0.2) is 18.0 Å². The van der Waals surface area contributed by atoms with E-state index in [1.54, 1.807) is 48.5 Å². The molecule has 0 saturated carbocycles. The molecule has 8 heteroatoms. The van der Waals surface area contributed by atoms with E-state index in [9.17, 15) is 14.4 Å². The van der Waals surface area contributed by atoms with Crippen molar-refractivity contribution in [3.63, 3.8) is 0 Å². The van der Waals surface area contributed by atoms with Crippen molar-refractivity contribution in [3.8, 4) is 0 Å². The Balaban J connectivity index is 1.90. The second-order valence-corrected chi connectivity index (χ2v) is 5.95. The Hall–Kier alpha value is -3.13. The maximum absolute atomic E-state index is 12.1. The van der Waals surface area contributed by atoms with Crippen LogP contribution in [0.1, 0.15) is 6.92 Å². The van der Waals surface area contributed by atoms with Crippen molar-refractivity contribution in [1.29, 1.82) is 0 Å². The molecule has 4 N–H and O–H groups in total. The summed E-state index contributed by atoms with van der Waals surface area (Å²) in [5.41, 5.74) is 1.42. The monoisotopic (exact) mass is 416 g/mol. The van der Waals surface area contributed by atoms with Gasteiger partial charge >= 0.3 is 12.1 Å². The summed E-state index contributed by atoms with van der Waals surface area (Å²) in [6.07, 6.45) is 0. The van der Waals surface area contributed by atoms with Gasteiger partial charge in [0.05, 0.1) is 0 Å². The first kappa shape index (κ1) is 19.2. The van der Waals surface area contributed by atoms with Crippen molar-refractivity contribution >= 4 is 45.3 Å². The number of carbonyl (C=O) groups is 3. The lowest BCUT2D eigenvalue weighted by atomic mass is 10.3. The summed E-state index contributed by atoms with van der Waals surface area (Å²) < 4.78 is 0.0314. The van der Waals surface area contributed by atoms with Gasteiger partial charge in [0.15, 0.2) is 0 Å². The molecule has 0 radical (unpaired) electrons. The third-order valence-electron chi connectivity index (χ3n) is 3.12. The standard InChI is InChI=1S/C18H17BrN4O3/c1-12(20-17(25)21-13-8-4-2-5-9-13)15(19)16(24)23-18(26)22-14-10-6-3-7-11-14/h2-11H,1H3,(H2,20,21,25)(H2,22,23,24,26). The summed E-state index contributed by atoms with van der Waals surface area (Å²) >= 11 is 3.08. The second kappa shape index (κ2) is 9.38. The van der Waals surface area contributed by atoms with Crippen LogP contribution in [0.25, 0.3) is 0 Å². The molecule has 0 aromatic heterocycles. The molecule has 0 atom stereocenters. The highest BCUT2D eigenvalue weighted by atomic mass is 79.9. The van der Waals surface area contributed by atoms with Gasteiger partial charge in [-0.25, -0.2) is 9.59 Å². The van der Waals surface area contributed by atoms with Gasteiger partial charge in [0.25, 0.3) is 5.91 Å². The first-order chi connectivity index (χ1) is 12.5. The smallest absolute Gasteiger partial charge is 0.310 e. The van der Waals surface area contributed by atoms with Crippen LogP contribution in [0.3, 0.4) is 0 Å². The lowest BCUT2D eigenvalue weighted by molar-refractivity contribution is -0.115. The van der Waals surface area contributed by atoms with Crippen LogP contribution in [-0.2, 0) is 4.79 Å². The van der Waals surface area contributed by atoms with Crippen LogP contribution in [0.15, 0.2) is 70.8 Å². The number of rotatable bonds is 4. The van der Waals surface area contributed by atoms with Crippen LogP contribution in [0.4, 0.5) is 21.0 Å². The molecular formula is C18H17BrN4O3. The predicted octanol–water partition coefficient (Wildman–Crippen LogP) is 3.78. The Bertz CT molecular complexity index is 823. The Morgan fingerprint density at radius 3 is 1.62 bits per heavy atom. The average Bonchev–Trinajstić information content (AvgIpc) is 2.62. The molecule has 0 heterocycles. The maximum atomic E-state index is 12.1. The van der Waals surface area contributed by atoms with E-state index in [-0.39, 0.29) is 10.2 Å². The number of allylic oxidation sites excluding steroid dienone is 1. The molecule has 26 heavy (non-hydrogen) atoms. The molecule has 2 aromatic rings. The van der Waals surface area contributed by atoms with Crippen molar-refractivity contribution in [2.75, 3.05) is 10.6 Å². The zero-order valence-corrected chi connectivity index (χ0v) is 15.5. The van der Waals surface area contributed by atoms with Crippen molar-refractivity contribution in [3.05, 3.63) is 70.8 Å². The number of nitrogens with one attached hydrogen (secondary N) is 4. The van der Waals surface area contributed by atoms with Crippen molar-refractivity contribution in [1.82, 2.24) is 10.6 Å². The number of hydrogen-bond donors (Lipinski definition) is 4. The van der Waals surface area contributed by atoms with E-state index in [4.69, 9.17) is 0 Å². The fourth-order valence-corrected chi connectivity index (χ4v) is 2.12. The maximum Gasteiger partial charge on any atom is 0.326 e. The highest BCUT2D eigenvalue weighted by Gasteiger charge is 2.15. The van der Waals surface area contributed by atoms with E-state index in [1.165, 1.54) is 6.92 Å². The molecule has 2 aromatic carbocycles. The molecule has 2 rings (SSSR count). The number of para-hydroxylation sites is 2. The van der Waals surface area contributed by atoms with Crippen molar-refractivity contribution in [2.24, 2.45) is 0 Å². The number of amides is 5. The molecule has 0 fully saturated rings. The molecule has 0 aliphatic rings. The van der Waals surface area contributed by atoms with Crippen LogP contribution in [0, 0.1) is 0 Å². The van der Waals surface area contributed by atoms with E-state index in [2.05, 4.69) is 37.2 Å². The Kier molecular flexibility index (Phi) is 6.92. The van der Waals surface area contributed by atoms with Crippen LogP contribution >= 0.6 is 15.9 Å². The van der Waals surface area contributed by atoms with Crippen LogP contribution < -0.4 is 21.3 Å². The highest BCUT2D eigenvalue weighted by molar-refractivity contribution is 9.12. The van der Waals surface area contributed by atoms with Gasteiger partial charge < -0.3 is 16.0 Å². The fraction of sp³-hybridized carbons (Fsp3) is 0.0556. The third-order valence-corrected chi connectivity index (χ3v) is 4.07. The van der Waals surface area contributed by atoms with E-state index < -0.39 is 18.0 Å². The summed E-state index contributed by atoms with van der Waals surface area (Å²) in [5.74, 6) is -0.684. The topological polar surface area (TPSA) is 99.3 Å². The second-order valence-electron chi connectivity index (χ2n) is 5.16. The lowest BCUT2D eigenvalue weighted by Gasteiger charge is -2.10. The predicted molar refractivity (Wildman–Crippen MR) is 104 cm³/mol. The fourth-order valence-electron chi connectivity index (χ4n) is 1.92. The number of carbonyl (C=O) groups excluding carboxylic acids is 3. The van der Waals surface area contributed by atoms with Gasteiger partial charge in [0.1, 0.15) is 4.48 Å². The van der Waals surface area contributed by atoms with Gasteiger partial charge in [-0.3, -0.25) is 10.1 Å². The Morgan fingerprint density at radius 1 is 0.731 bits per heavy atom. The molecule has 0 bridgehead atoms. The molecule has 134 valence electrons. The summed E-state index contributed by atoms with van der Waals surface area (Å²) in [5, 5.41) is 9.84. The minimum atomic E-state index is -0.684. The summed E-state index contributed by atoms with van der Waals surface area (Å²) in [6.45, 7) is 1.53. The number of anilines is 2. The van der Waals surface area contributed by atoms with E-state index in [0.717, 1.165) is 0 Å². The number of imide groups is 1. The quantitative estimate of drug-likeness (QED) is 0.570.